The topological polar surface area (TPSA) is 40.5 Å². The summed E-state index contributed by atoms with van der Waals surface area (Å²) in [7, 11) is 0. The van der Waals surface area contributed by atoms with Gasteiger partial charge in [-0.15, -0.1) is 0 Å². The number of carboxylic acid groups (broad SMARTS) is 1. The van der Waals surface area contributed by atoms with Crippen LogP contribution in [0.5, 0.6) is 0 Å². The van der Waals surface area contributed by atoms with Gasteiger partial charge in [0.15, 0.2) is 0 Å². The maximum Gasteiger partial charge on any atom is 0.321 e. The number of aliphatic carboxylic acids is 1. The Kier molecular flexibility index (Phi) is 1.44. The second-order valence-corrected chi connectivity index (χ2v) is 4.17. The lowest BCUT2D eigenvalue weighted by atomic mass is 10.0. The molecule has 4 heteroatoms. The smallest absolute Gasteiger partial charge is 0.321 e. The molecule has 1 saturated carbocycles. The van der Waals surface area contributed by atoms with E-state index >= 15 is 0 Å². The Labute approximate surface area is 70.9 Å². The van der Waals surface area contributed by atoms with Gasteiger partial charge in [0.25, 0.3) is 0 Å². The highest BCUT2D eigenvalue weighted by molar-refractivity contribution is 7.77. The highest BCUT2D eigenvalue weighted by Crippen LogP contribution is 2.55. The van der Waals surface area contributed by atoms with Crippen molar-refractivity contribution in [3.63, 3.8) is 0 Å². The van der Waals surface area contributed by atoms with Crippen molar-refractivity contribution in [1.82, 2.24) is 4.31 Å². The van der Waals surface area contributed by atoms with Gasteiger partial charge >= 0.3 is 5.97 Å². The van der Waals surface area contributed by atoms with Crippen molar-refractivity contribution < 1.29 is 9.90 Å². The van der Waals surface area contributed by atoms with Gasteiger partial charge in [-0.3, -0.25) is 4.79 Å². The highest BCUT2D eigenvalue weighted by Gasteiger charge is 2.53. The van der Waals surface area contributed by atoms with E-state index in [0.29, 0.717) is 5.41 Å². The van der Waals surface area contributed by atoms with E-state index in [1.807, 2.05) is 0 Å². The van der Waals surface area contributed by atoms with Gasteiger partial charge in [0.1, 0.15) is 6.04 Å². The van der Waals surface area contributed by atoms with Gasteiger partial charge in [0.05, 0.1) is 0 Å². The summed E-state index contributed by atoms with van der Waals surface area (Å²) in [5, 5.41) is 8.75. The third-order valence-electron chi connectivity index (χ3n) is 2.73. The molecule has 11 heavy (non-hydrogen) atoms. The number of hydrogen-bond acceptors (Lipinski definition) is 3. The second kappa shape index (κ2) is 2.14. The number of thiol groups is 1. The summed E-state index contributed by atoms with van der Waals surface area (Å²) in [4.78, 5) is 10.6. The average Bonchev–Trinajstić information content (AvgIpc) is 2.54. The quantitative estimate of drug-likeness (QED) is 0.575. The summed E-state index contributed by atoms with van der Waals surface area (Å²) in [6.45, 7) is 0.854. The van der Waals surface area contributed by atoms with Crippen molar-refractivity contribution in [2.75, 3.05) is 6.54 Å². The fourth-order valence-corrected chi connectivity index (χ4v) is 2.27. The summed E-state index contributed by atoms with van der Waals surface area (Å²) in [5.41, 5.74) is 0.338. The first kappa shape index (κ1) is 7.43. The molecule has 3 nitrogen and oxygen atoms in total. The summed E-state index contributed by atoms with van der Waals surface area (Å²) in [6.07, 6.45) is 3.17. The van der Waals surface area contributed by atoms with Gasteiger partial charge in [-0.05, 0) is 24.7 Å². The zero-order valence-electron chi connectivity index (χ0n) is 6.16. The Bertz CT molecular complexity index is 203. The Morgan fingerprint density at radius 1 is 1.64 bits per heavy atom. The molecule has 1 aliphatic heterocycles. The third-order valence-corrected chi connectivity index (χ3v) is 3.15. The van der Waals surface area contributed by atoms with Crippen molar-refractivity contribution in [3.8, 4) is 0 Å². The molecule has 0 aromatic rings. The van der Waals surface area contributed by atoms with E-state index in [9.17, 15) is 4.79 Å². The van der Waals surface area contributed by atoms with Gasteiger partial charge in [0, 0.05) is 6.54 Å². The van der Waals surface area contributed by atoms with E-state index in [1.54, 1.807) is 4.31 Å². The predicted octanol–water partition coefficient (Wildman–Crippen LogP) is 0.770. The molecular formula is C7H11NO2S. The third kappa shape index (κ3) is 1.14. The van der Waals surface area contributed by atoms with E-state index in [4.69, 9.17) is 5.11 Å². The van der Waals surface area contributed by atoms with Crippen LogP contribution in [-0.4, -0.2) is 28.0 Å². The summed E-state index contributed by atoms with van der Waals surface area (Å²) in [5.74, 6) is -0.733. The van der Waals surface area contributed by atoms with Crippen LogP contribution in [-0.2, 0) is 4.79 Å². The number of carbonyl (C=O) groups is 1. The molecule has 62 valence electrons. The number of hydrogen-bond donors (Lipinski definition) is 2. The monoisotopic (exact) mass is 173 g/mol. The molecule has 1 N–H and O–H groups in total. The van der Waals surface area contributed by atoms with Crippen LogP contribution in [0.3, 0.4) is 0 Å². The van der Waals surface area contributed by atoms with Gasteiger partial charge in [0.2, 0.25) is 0 Å². The van der Waals surface area contributed by atoms with Gasteiger partial charge < -0.3 is 5.11 Å². The van der Waals surface area contributed by atoms with Crippen LogP contribution >= 0.6 is 12.8 Å². The van der Waals surface area contributed by atoms with Crippen LogP contribution in [0.15, 0.2) is 0 Å². The van der Waals surface area contributed by atoms with E-state index in [0.717, 1.165) is 13.0 Å². The molecule has 1 saturated heterocycles. The normalized spacial score (nSPS) is 34.5. The zero-order valence-corrected chi connectivity index (χ0v) is 7.05. The summed E-state index contributed by atoms with van der Waals surface area (Å²) >= 11 is 4.13. The van der Waals surface area contributed by atoms with Crippen LogP contribution in [0.25, 0.3) is 0 Å². The fraction of sp³-hybridized carbons (Fsp3) is 0.857. The van der Waals surface area contributed by atoms with Crippen LogP contribution in [0.4, 0.5) is 0 Å². The molecule has 0 radical (unpaired) electrons. The fourth-order valence-electron chi connectivity index (χ4n) is 1.79. The molecule has 1 aliphatic carbocycles. The molecular weight excluding hydrogens is 162 g/mol. The lowest BCUT2D eigenvalue weighted by molar-refractivity contribution is -0.140. The van der Waals surface area contributed by atoms with E-state index in [-0.39, 0.29) is 6.04 Å². The molecule has 1 heterocycles. The lowest BCUT2D eigenvalue weighted by Gasteiger charge is -2.11. The Balaban J connectivity index is 2.08. The molecule has 0 unspecified atom stereocenters. The van der Waals surface area contributed by atoms with Gasteiger partial charge in [-0.25, -0.2) is 4.31 Å². The van der Waals surface area contributed by atoms with Crippen molar-refractivity contribution in [2.45, 2.75) is 25.3 Å². The summed E-state index contributed by atoms with van der Waals surface area (Å²) < 4.78 is 1.66. The molecule has 2 fully saturated rings. The van der Waals surface area contributed by atoms with Gasteiger partial charge in [-0.1, -0.05) is 12.8 Å². The van der Waals surface area contributed by atoms with E-state index in [1.165, 1.54) is 12.8 Å². The molecule has 2 aliphatic rings. The van der Waals surface area contributed by atoms with Crippen LogP contribution in [0.1, 0.15) is 19.3 Å². The minimum absolute atomic E-state index is 0.338. The molecule has 1 atom stereocenters. The molecule has 1 spiro atoms. The van der Waals surface area contributed by atoms with E-state index in [2.05, 4.69) is 12.8 Å². The van der Waals surface area contributed by atoms with Crippen molar-refractivity contribution in [2.24, 2.45) is 5.41 Å². The molecule has 2 rings (SSSR count). The zero-order chi connectivity index (χ0) is 8.06. The Hall–Kier alpha value is -0.220. The van der Waals surface area contributed by atoms with Gasteiger partial charge in [-0.2, -0.15) is 0 Å². The standard InChI is InChI=1S/C7H11NO2S/c9-6(10)5-3-7(1-2-7)4-8(5)11/h5,11H,1-4H2,(H,9,10)/t5-/m0/s1. The molecule has 0 bridgehead atoms. The van der Waals surface area contributed by atoms with Crippen LogP contribution in [0, 0.1) is 5.41 Å². The van der Waals surface area contributed by atoms with Crippen molar-refractivity contribution >= 4 is 18.8 Å². The van der Waals surface area contributed by atoms with Crippen molar-refractivity contribution in [1.29, 1.82) is 0 Å². The first-order chi connectivity index (χ1) is 5.13. The van der Waals surface area contributed by atoms with E-state index < -0.39 is 5.97 Å². The Morgan fingerprint density at radius 3 is 2.55 bits per heavy atom. The SMILES string of the molecule is O=C(O)[C@@H]1CC2(CC2)CN1S. The molecule has 0 aromatic carbocycles. The highest BCUT2D eigenvalue weighted by atomic mass is 32.1. The number of nitrogens with zero attached hydrogens (tertiary/aromatic N) is 1. The van der Waals surface area contributed by atoms with Crippen LogP contribution < -0.4 is 0 Å². The number of rotatable bonds is 1. The molecule has 0 aromatic heterocycles. The first-order valence-electron chi connectivity index (χ1n) is 3.81. The summed E-state index contributed by atoms with van der Waals surface area (Å²) in [6, 6.07) is -0.346. The maximum absolute atomic E-state index is 10.6. The lowest BCUT2D eigenvalue weighted by Crippen LogP contribution is -2.28. The van der Waals surface area contributed by atoms with Crippen molar-refractivity contribution in [3.05, 3.63) is 0 Å². The van der Waals surface area contributed by atoms with Crippen LogP contribution in [0.2, 0.25) is 0 Å². The maximum atomic E-state index is 10.6. The largest absolute Gasteiger partial charge is 0.480 e. The number of carboxylic acids is 1. The first-order valence-corrected chi connectivity index (χ1v) is 4.21. The minimum Gasteiger partial charge on any atom is -0.480 e. The minimum atomic E-state index is -0.733. The second-order valence-electron chi connectivity index (χ2n) is 3.66. The molecule has 0 amide bonds. The average molecular weight is 173 g/mol. The Morgan fingerprint density at radius 2 is 2.27 bits per heavy atom. The predicted molar refractivity (Wildman–Crippen MR) is 43.4 cm³/mol.